The topological polar surface area (TPSA) is 102 Å². The fraction of sp³-hybridized carbons (Fsp3) is 0.188. The molecule has 0 radical (unpaired) electrons. The van der Waals surface area contributed by atoms with Gasteiger partial charge in [-0.2, -0.15) is 13.2 Å². The number of carbonyl (C=O) groups excluding carboxylic acids is 1. The van der Waals surface area contributed by atoms with E-state index in [4.69, 9.17) is 13.9 Å². The second-order valence-electron chi connectivity index (χ2n) is 9.65. The quantitative estimate of drug-likeness (QED) is 0.198. The molecular formula is C32H26F3NO6. The van der Waals surface area contributed by atoms with Gasteiger partial charge in [0.2, 0.25) is 0 Å². The zero-order chi connectivity index (χ0) is 30.0. The molecule has 5 rings (SSSR count). The normalized spacial score (nSPS) is 12.3. The minimum atomic E-state index is -4.56. The summed E-state index contributed by atoms with van der Waals surface area (Å²) in [6, 6.07) is 19.6. The fourth-order valence-electron chi connectivity index (χ4n) is 5.09. The van der Waals surface area contributed by atoms with Crippen LogP contribution in [0.25, 0.3) is 10.9 Å². The molecule has 42 heavy (non-hydrogen) atoms. The summed E-state index contributed by atoms with van der Waals surface area (Å²) in [4.78, 5) is 29.2. The number of hydrogen-bond donors (Lipinski definition) is 2. The van der Waals surface area contributed by atoms with Gasteiger partial charge >= 0.3 is 17.8 Å². The van der Waals surface area contributed by atoms with Crippen LogP contribution in [-0.2, 0) is 17.3 Å². The lowest BCUT2D eigenvalue weighted by molar-refractivity contribution is -0.137. The highest BCUT2D eigenvalue weighted by Gasteiger charge is 2.33. The van der Waals surface area contributed by atoms with Crippen molar-refractivity contribution in [1.29, 1.82) is 0 Å². The van der Waals surface area contributed by atoms with Gasteiger partial charge in [0, 0.05) is 29.1 Å². The third-order valence-electron chi connectivity index (χ3n) is 7.00. The van der Waals surface area contributed by atoms with Gasteiger partial charge in [0.25, 0.3) is 0 Å². The van der Waals surface area contributed by atoms with E-state index in [0.717, 1.165) is 17.5 Å². The summed E-state index contributed by atoms with van der Waals surface area (Å²) < 4.78 is 56.2. The summed E-state index contributed by atoms with van der Waals surface area (Å²) in [7, 11) is 1.45. The van der Waals surface area contributed by atoms with E-state index in [1.807, 2.05) is 18.2 Å². The lowest BCUT2D eigenvalue weighted by atomic mass is 9.85. The predicted octanol–water partition coefficient (Wildman–Crippen LogP) is 6.74. The van der Waals surface area contributed by atoms with E-state index >= 15 is 0 Å². The number of aromatic amines is 1. The molecule has 0 fully saturated rings. The summed E-state index contributed by atoms with van der Waals surface area (Å²) in [5.41, 5.74) is 0.524. The molecule has 0 aliphatic carbocycles. The molecule has 2 aromatic heterocycles. The summed E-state index contributed by atoms with van der Waals surface area (Å²) in [5, 5.41) is 11.7. The number of H-pyrrole nitrogens is 1. The Morgan fingerprint density at radius 2 is 1.71 bits per heavy atom. The van der Waals surface area contributed by atoms with Crippen LogP contribution < -0.4 is 10.4 Å². The van der Waals surface area contributed by atoms with Crippen molar-refractivity contribution in [2.24, 2.45) is 0 Å². The van der Waals surface area contributed by atoms with E-state index in [0.29, 0.717) is 28.1 Å². The van der Waals surface area contributed by atoms with Gasteiger partial charge in [-0.15, -0.1) is 0 Å². The second kappa shape index (κ2) is 11.5. The Bertz CT molecular complexity index is 1800. The van der Waals surface area contributed by atoms with Gasteiger partial charge in [-0.3, -0.25) is 0 Å². The molecule has 0 aliphatic heterocycles. The van der Waals surface area contributed by atoms with Crippen molar-refractivity contribution >= 4 is 16.9 Å². The lowest BCUT2D eigenvalue weighted by Gasteiger charge is -2.20. The molecule has 0 spiro atoms. The largest absolute Gasteiger partial charge is 0.507 e. The van der Waals surface area contributed by atoms with Gasteiger partial charge in [0.1, 0.15) is 22.8 Å². The van der Waals surface area contributed by atoms with Crippen molar-refractivity contribution in [3.63, 3.8) is 0 Å². The average molecular weight is 578 g/mol. The molecular weight excluding hydrogens is 551 g/mol. The van der Waals surface area contributed by atoms with Crippen molar-refractivity contribution in [1.82, 2.24) is 4.98 Å². The number of halogens is 3. The van der Waals surface area contributed by atoms with Crippen molar-refractivity contribution < 1.29 is 37.0 Å². The van der Waals surface area contributed by atoms with Gasteiger partial charge < -0.3 is 24.0 Å². The number of nitrogens with one attached hydrogen (secondary N) is 1. The van der Waals surface area contributed by atoms with E-state index in [9.17, 15) is 27.9 Å². The third kappa shape index (κ3) is 5.60. The number of aromatic hydroxyl groups is 1. The first-order valence-electron chi connectivity index (χ1n) is 13.0. The monoisotopic (exact) mass is 577 g/mol. The summed E-state index contributed by atoms with van der Waals surface area (Å²) in [5.74, 6) is -1.45. The highest BCUT2D eigenvalue weighted by molar-refractivity contribution is 5.92. The molecule has 2 heterocycles. The van der Waals surface area contributed by atoms with Crippen LogP contribution in [0.4, 0.5) is 13.2 Å². The number of fused-ring (bicyclic) bond motifs is 1. The number of alkyl halides is 3. The van der Waals surface area contributed by atoms with Crippen LogP contribution in [0.1, 0.15) is 50.0 Å². The molecule has 1 atom stereocenters. The molecule has 2 N–H and O–H groups in total. The first-order valence-corrected chi connectivity index (χ1v) is 13.0. The first-order chi connectivity index (χ1) is 20.1. The summed E-state index contributed by atoms with van der Waals surface area (Å²) in [6.07, 6.45) is -4.37. The number of ether oxygens (including phenoxy) is 2. The average Bonchev–Trinajstić information content (AvgIpc) is 3.32. The van der Waals surface area contributed by atoms with Gasteiger partial charge in [-0.25, -0.2) is 9.59 Å². The van der Waals surface area contributed by atoms with Crippen LogP contribution in [0.5, 0.6) is 11.5 Å². The molecule has 0 bridgehead atoms. The summed E-state index contributed by atoms with van der Waals surface area (Å²) in [6.45, 7) is 1.45. The molecule has 0 amide bonds. The maximum Gasteiger partial charge on any atom is 0.416 e. The molecule has 1 unspecified atom stereocenters. The molecule has 10 heteroatoms. The summed E-state index contributed by atoms with van der Waals surface area (Å²) >= 11 is 0. The highest BCUT2D eigenvalue weighted by Crippen LogP contribution is 2.40. The van der Waals surface area contributed by atoms with Crippen LogP contribution in [0.2, 0.25) is 0 Å². The zero-order valence-electron chi connectivity index (χ0n) is 22.6. The van der Waals surface area contributed by atoms with E-state index in [1.54, 1.807) is 30.3 Å². The smallest absolute Gasteiger partial charge is 0.416 e. The highest BCUT2D eigenvalue weighted by atomic mass is 19.4. The molecule has 5 aromatic rings. The molecule has 0 saturated carbocycles. The van der Waals surface area contributed by atoms with Crippen molar-refractivity contribution in [3.05, 3.63) is 129 Å². The van der Waals surface area contributed by atoms with Gasteiger partial charge in [0.15, 0.2) is 0 Å². The third-order valence-corrected chi connectivity index (χ3v) is 7.00. The zero-order valence-corrected chi connectivity index (χ0v) is 22.6. The van der Waals surface area contributed by atoms with E-state index < -0.39 is 29.3 Å². The molecule has 0 aliphatic rings. The maximum absolute atomic E-state index is 13.4. The minimum absolute atomic E-state index is 0.0556. The molecule has 216 valence electrons. The number of aryl methyl sites for hydroxylation is 1. The first kappa shape index (κ1) is 28.5. The number of aromatic nitrogens is 1. The number of para-hydroxylation sites is 2. The Kier molecular flexibility index (Phi) is 7.80. The lowest BCUT2D eigenvalue weighted by Crippen LogP contribution is -2.18. The molecule has 0 saturated heterocycles. The van der Waals surface area contributed by atoms with E-state index in [2.05, 4.69) is 4.98 Å². The number of hydrogen-bond acceptors (Lipinski definition) is 6. The van der Waals surface area contributed by atoms with Gasteiger partial charge in [-0.05, 0) is 48.4 Å². The van der Waals surface area contributed by atoms with E-state index in [1.165, 1.54) is 32.2 Å². The van der Waals surface area contributed by atoms with Crippen molar-refractivity contribution in [2.75, 3.05) is 13.7 Å². The van der Waals surface area contributed by atoms with Crippen LogP contribution in [0.15, 0.2) is 88.1 Å². The Labute approximate surface area is 238 Å². The predicted molar refractivity (Wildman–Crippen MR) is 149 cm³/mol. The Balaban J connectivity index is 1.60. The fourth-order valence-corrected chi connectivity index (χ4v) is 5.09. The SMILES string of the molecule is COc1ccccc1C(=O)OCCc1c(C(c2ccc(C(F)(F)F)cc2)c2c(O)cc(C)oc2=O)[nH]c2ccccc12. The molecule has 3 aromatic carbocycles. The van der Waals surface area contributed by atoms with Gasteiger partial charge in [0.05, 0.1) is 30.8 Å². The van der Waals surface area contributed by atoms with Crippen LogP contribution in [0, 0.1) is 6.92 Å². The van der Waals surface area contributed by atoms with Crippen molar-refractivity contribution in [3.8, 4) is 11.5 Å². The minimum Gasteiger partial charge on any atom is -0.507 e. The second-order valence-corrected chi connectivity index (χ2v) is 9.65. The van der Waals surface area contributed by atoms with E-state index in [-0.39, 0.29) is 35.7 Å². The Hall–Kier alpha value is -4.99. The number of methoxy groups -OCH3 is 1. The van der Waals surface area contributed by atoms with Crippen molar-refractivity contribution in [2.45, 2.75) is 25.4 Å². The van der Waals surface area contributed by atoms with Crippen LogP contribution >= 0.6 is 0 Å². The number of esters is 1. The van der Waals surface area contributed by atoms with Gasteiger partial charge in [-0.1, -0.05) is 42.5 Å². The number of benzene rings is 3. The van der Waals surface area contributed by atoms with Crippen LogP contribution in [0.3, 0.4) is 0 Å². The Morgan fingerprint density at radius 1 is 1.02 bits per heavy atom. The molecule has 7 nitrogen and oxygen atoms in total. The number of rotatable bonds is 8. The van der Waals surface area contributed by atoms with Crippen LogP contribution in [-0.4, -0.2) is 29.8 Å². The number of carbonyl (C=O) groups is 1. The standard InChI is InChI=1S/C32H26F3NO6/c1-18-17-25(37)28(31(39)42-18)27(19-11-13-20(14-12-19)32(33,34)35)29-22(21-7-3-5-9-24(21)36-29)15-16-41-30(38)23-8-4-6-10-26(23)40-2/h3-14,17,27,36-37H,15-16H2,1-2H3. The maximum atomic E-state index is 13.4. The Morgan fingerprint density at radius 3 is 2.40 bits per heavy atom.